The summed E-state index contributed by atoms with van der Waals surface area (Å²) >= 11 is 0. The fourth-order valence-corrected chi connectivity index (χ4v) is 3.31. The van der Waals surface area contributed by atoms with Crippen LogP contribution in [0.4, 0.5) is 0 Å². The van der Waals surface area contributed by atoms with Crippen LogP contribution in [-0.4, -0.2) is 42.3 Å². The van der Waals surface area contributed by atoms with Gasteiger partial charge in [0.25, 0.3) is 0 Å². The van der Waals surface area contributed by atoms with E-state index in [9.17, 15) is 14.7 Å². The fourth-order valence-electron chi connectivity index (χ4n) is 3.31. The molecule has 0 spiro atoms. The van der Waals surface area contributed by atoms with Crippen molar-refractivity contribution in [2.45, 2.75) is 65.2 Å². The van der Waals surface area contributed by atoms with Gasteiger partial charge in [-0.3, -0.25) is 4.79 Å². The highest BCUT2D eigenvalue weighted by molar-refractivity contribution is 5.86. The Bertz CT molecular complexity index is 450. The minimum absolute atomic E-state index is 0.0879. The standard InChI is InChI=1S/C18H32O3.C4H6O2/c1-4-5-6-7-15-8-10-16(11-9-15)17(12-19)13-21-18(20)14(2)3;1-4(2-5)3-6/h15-17,19H,2,4-13H2,1,3H3;2,6H,1,3H2. The molecule has 1 unspecified atom stereocenters. The van der Waals surface area contributed by atoms with Crippen molar-refractivity contribution >= 4 is 12.3 Å². The number of carbonyl (C=O) groups excluding carboxylic acids is 2. The number of ether oxygens (including phenoxy) is 1. The second-order valence-corrected chi connectivity index (χ2v) is 7.53. The highest BCUT2D eigenvalue weighted by Gasteiger charge is 2.28. The molecule has 2 N–H and O–H groups in total. The number of carbonyl (C=O) groups is 2. The Morgan fingerprint density at radius 3 is 2.22 bits per heavy atom. The smallest absolute Gasteiger partial charge is 0.333 e. The zero-order chi connectivity index (χ0) is 20.7. The maximum atomic E-state index is 11.4. The maximum Gasteiger partial charge on any atom is 0.333 e. The van der Waals surface area contributed by atoms with Gasteiger partial charge in [0.15, 0.2) is 0 Å². The lowest BCUT2D eigenvalue weighted by atomic mass is 9.75. The average Bonchev–Trinajstić information content (AvgIpc) is 2.69. The number of rotatable bonds is 11. The van der Waals surface area contributed by atoms with Crippen LogP contribution in [0.1, 0.15) is 65.2 Å². The summed E-state index contributed by atoms with van der Waals surface area (Å²) in [6.45, 7) is 10.8. The molecule has 1 fully saturated rings. The van der Waals surface area contributed by atoms with Gasteiger partial charge in [-0.25, -0.2) is 4.79 Å². The van der Waals surface area contributed by atoms with Crippen LogP contribution in [-0.2, 0) is 14.3 Å². The summed E-state index contributed by atoms with van der Waals surface area (Å²) in [5.41, 5.74) is 0.640. The molecule has 5 heteroatoms. The van der Waals surface area contributed by atoms with Crippen LogP contribution in [0.15, 0.2) is 24.3 Å². The van der Waals surface area contributed by atoms with Gasteiger partial charge in [0, 0.05) is 23.7 Å². The quantitative estimate of drug-likeness (QED) is 0.245. The summed E-state index contributed by atoms with van der Waals surface area (Å²) in [4.78, 5) is 20.9. The highest BCUT2D eigenvalue weighted by atomic mass is 16.5. The molecule has 0 aromatic carbocycles. The summed E-state index contributed by atoms with van der Waals surface area (Å²) in [7, 11) is 0. The predicted molar refractivity (Wildman–Crippen MR) is 108 cm³/mol. The first-order valence-corrected chi connectivity index (χ1v) is 10.1. The lowest BCUT2D eigenvalue weighted by Crippen LogP contribution is -2.29. The minimum Gasteiger partial charge on any atom is -0.462 e. The van der Waals surface area contributed by atoms with E-state index < -0.39 is 0 Å². The fraction of sp³-hybridized carbons (Fsp3) is 0.727. The van der Waals surface area contributed by atoms with E-state index in [4.69, 9.17) is 9.84 Å². The zero-order valence-corrected chi connectivity index (χ0v) is 17.1. The molecule has 0 bridgehead atoms. The molecule has 1 aliphatic rings. The maximum absolute atomic E-state index is 11.4. The van der Waals surface area contributed by atoms with Gasteiger partial charge >= 0.3 is 5.97 Å². The van der Waals surface area contributed by atoms with E-state index in [1.54, 1.807) is 6.92 Å². The van der Waals surface area contributed by atoms with E-state index in [2.05, 4.69) is 20.1 Å². The summed E-state index contributed by atoms with van der Waals surface area (Å²) < 4.78 is 5.22. The lowest BCUT2D eigenvalue weighted by molar-refractivity contribution is -0.141. The van der Waals surface area contributed by atoms with Crippen molar-refractivity contribution in [3.05, 3.63) is 24.3 Å². The number of hydrogen-bond donors (Lipinski definition) is 2. The molecule has 0 saturated heterocycles. The van der Waals surface area contributed by atoms with Gasteiger partial charge in [-0.05, 0) is 31.6 Å². The first kappa shape index (κ1) is 25.5. The molecule has 0 aromatic rings. The van der Waals surface area contributed by atoms with Crippen molar-refractivity contribution in [3.8, 4) is 0 Å². The van der Waals surface area contributed by atoms with Crippen LogP contribution in [0.5, 0.6) is 0 Å². The molecule has 0 aliphatic heterocycles. The molecule has 156 valence electrons. The van der Waals surface area contributed by atoms with E-state index in [1.165, 1.54) is 38.5 Å². The Labute approximate surface area is 164 Å². The molecule has 0 aromatic heterocycles. The first-order chi connectivity index (χ1) is 12.9. The van der Waals surface area contributed by atoms with Gasteiger partial charge in [-0.15, -0.1) is 0 Å². The molecule has 1 saturated carbocycles. The van der Waals surface area contributed by atoms with Gasteiger partial charge in [0.2, 0.25) is 0 Å². The van der Waals surface area contributed by atoms with Crippen molar-refractivity contribution in [1.82, 2.24) is 0 Å². The number of esters is 1. The number of aliphatic hydroxyl groups excluding tert-OH is 2. The molecular formula is C22H38O5. The molecule has 1 aliphatic carbocycles. The third-order valence-electron chi connectivity index (χ3n) is 5.16. The van der Waals surface area contributed by atoms with Crippen LogP contribution in [0.3, 0.4) is 0 Å². The Kier molecular flexibility index (Phi) is 14.7. The minimum atomic E-state index is -0.346. The van der Waals surface area contributed by atoms with Gasteiger partial charge in [0.05, 0.1) is 13.2 Å². The largest absolute Gasteiger partial charge is 0.462 e. The third kappa shape index (κ3) is 11.8. The summed E-state index contributed by atoms with van der Waals surface area (Å²) in [5, 5.41) is 17.6. The van der Waals surface area contributed by atoms with Gasteiger partial charge < -0.3 is 14.9 Å². The Morgan fingerprint density at radius 1 is 1.19 bits per heavy atom. The highest BCUT2D eigenvalue weighted by Crippen LogP contribution is 2.35. The summed E-state index contributed by atoms with van der Waals surface area (Å²) in [5.74, 6) is 1.10. The Morgan fingerprint density at radius 2 is 1.81 bits per heavy atom. The van der Waals surface area contributed by atoms with Crippen molar-refractivity contribution in [1.29, 1.82) is 0 Å². The molecule has 1 rings (SSSR count). The topological polar surface area (TPSA) is 83.8 Å². The lowest BCUT2D eigenvalue weighted by Gasteiger charge is -2.33. The van der Waals surface area contributed by atoms with E-state index in [1.807, 2.05) is 0 Å². The van der Waals surface area contributed by atoms with Crippen LogP contribution in [0.2, 0.25) is 0 Å². The monoisotopic (exact) mass is 382 g/mol. The average molecular weight is 383 g/mol. The summed E-state index contributed by atoms with van der Waals surface area (Å²) in [6, 6.07) is 0. The molecule has 1 atom stereocenters. The van der Waals surface area contributed by atoms with Crippen LogP contribution in [0.25, 0.3) is 0 Å². The SMILES string of the molecule is C=C(C)C(=O)OCC(CO)C1CCC(CCCCC)CC1.C=C(C=O)CO. The van der Waals surface area contributed by atoms with E-state index in [0.717, 1.165) is 18.8 Å². The molecule has 0 radical (unpaired) electrons. The van der Waals surface area contributed by atoms with E-state index >= 15 is 0 Å². The van der Waals surface area contributed by atoms with Gasteiger partial charge in [0.1, 0.15) is 6.29 Å². The predicted octanol–water partition coefficient (Wildman–Crippen LogP) is 3.83. The van der Waals surface area contributed by atoms with Crippen molar-refractivity contribution in [2.24, 2.45) is 17.8 Å². The number of aldehydes is 1. The number of unbranched alkanes of at least 4 members (excludes halogenated alkanes) is 2. The Hall–Kier alpha value is -1.46. The van der Waals surface area contributed by atoms with Crippen molar-refractivity contribution in [3.63, 3.8) is 0 Å². The number of hydrogen-bond acceptors (Lipinski definition) is 5. The van der Waals surface area contributed by atoms with E-state index in [0.29, 0.717) is 24.4 Å². The molecule has 0 heterocycles. The molecule has 27 heavy (non-hydrogen) atoms. The van der Waals surface area contributed by atoms with Crippen molar-refractivity contribution in [2.75, 3.05) is 19.8 Å². The van der Waals surface area contributed by atoms with Crippen molar-refractivity contribution < 1.29 is 24.5 Å². The van der Waals surface area contributed by atoms with E-state index in [-0.39, 0.29) is 30.7 Å². The van der Waals surface area contributed by atoms with Crippen LogP contribution < -0.4 is 0 Å². The number of aliphatic hydroxyl groups is 2. The first-order valence-electron chi connectivity index (χ1n) is 10.1. The Balaban J connectivity index is 0.000000972. The molecular weight excluding hydrogens is 344 g/mol. The van der Waals surface area contributed by atoms with Gasteiger partial charge in [-0.1, -0.05) is 58.6 Å². The van der Waals surface area contributed by atoms with Gasteiger partial charge in [-0.2, -0.15) is 0 Å². The van der Waals surface area contributed by atoms with Crippen LogP contribution >= 0.6 is 0 Å². The second-order valence-electron chi connectivity index (χ2n) is 7.53. The van der Waals surface area contributed by atoms with Crippen LogP contribution in [0, 0.1) is 17.8 Å². The zero-order valence-electron chi connectivity index (χ0n) is 17.1. The normalized spacial score (nSPS) is 20.0. The molecule has 0 amide bonds. The molecule has 5 nitrogen and oxygen atoms in total. The third-order valence-corrected chi connectivity index (χ3v) is 5.16. The second kappa shape index (κ2) is 15.6. The summed E-state index contributed by atoms with van der Waals surface area (Å²) in [6.07, 6.45) is 10.7.